The minimum absolute atomic E-state index is 0. The lowest BCUT2D eigenvalue weighted by Gasteiger charge is -2.25. The number of nitrogens with zero attached hydrogens (tertiary/aromatic N) is 1. The summed E-state index contributed by atoms with van der Waals surface area (Å²) < 4.78 is 0. The van der Waals surface area contributed by atoms with E-state index in [9.17, 15) is 9.59 Å². The van der Waals surface area contributed by atoms with Crippen molar-refractivity contribution in [3.63, 3.8) is 0 Å². The van der Waals surface area contributed by atoms with Crippen LogP contribution in [0.3, 0.4) is 0 Å². The van der Waals surface area contributed by atoms with Gasteiger partial charge in [0.05, 0.1) is 0 Å². The summed E-state index contributed by atoms with van der Waals surface area (Å²) in [6.45, 7) is 5.85. The van der Waals surface area contributed by atoms with Crippen LogP contribution in [0, 0.1) is 5.92 Å². The first-order valence-corrected chi connectivity index (χ1v) is 8.96. The summed E-state index contributed by atoms with van der Waals surface area (Å²) in [5.41, 5.74) is 7.63. The second kappa shape index (κ2) is 10.4. The van der Waals surface area contributed by atoms with Crippen LogP contribution in [0.4, 0.5) is 0 Å². The Kier molecular flexibility index (Phi) is 8.93. The van der Waals surface area contributed by atoms with Crippen LogP contribution in [-0.4, -0.2) is 35.8 Å². The van der Waals surface area contributed by atoms with E-state index in [1.807, 2.05) is 38.1 Å². The molecule has 3 N–H and O–H groups in total. The van der Waals surface area contributed by atoms with Gasteiger partial charge in [-0.05, 0) is 50.8 Å². The molecule has 1 aromatic carbocycles. The summed E-state index contributed by atoms with van der Waals surface area (Å²) in [5.74, 6) is 0.178. The predicted molar refractivity (Wildman–Crippen MR) is 103 cm³/mol. The molecule has 2 atom stereocenters. The zero-order valence-corrected chi connectivity index (χ0v) is 16.0. The van der Waals surface area contributed by atoms with Crippen molar-refractivity contribution < 1.29 is 9.59 Å². The van der Waals surface area contributed by atoms with Gasteiger partial charge >= 0.3 is 0 Å². The van der Waals surface area contributed by atoms with Crippen molar-refractivity contribution in [3.8, 4) is 0 Å². The molecule has 25 heavy (non-hydrogen) atoms. The van der Waals surface area contributed by atoms with Crippen molar-refractivity contribution in [2.24, 2.45) is 11.7 Å². The van der Waals surface area contributed by atoms with Gasteiger partial charge < -0.3 is 16.0 Å². The van der Waals surface area contributed by atoms with E-state index in [-0.39, 0.29) is 36.2 Å². The van der Waals surface area contributed by atoms with E-state index in [4.69, 9.17) is 5.73 Å². The Balaban J connectivity index is 0.00000312. The Labute approximate surface area is 156 Å². The maximum absolute atomic E-state index is 12.3. The zero-order chi connectivity index (χ0) is 17.5. The molecule has 1 saturated carbocycles. The number of nitrogens with one attached hydrogen (secondary N) is 1. The van der Waals surface area contributed by atoms with Crippen molar-refractivity contribution in [1.82, 2.24) is 10.2 Å². The van der Waals surface area contributed by atoms with Crippen LogP contribution in [0.1, 0.15) is 55.5 Å². The summed E-state index contributed by atoms with van der Waals surface area (Å²) in [6.07, 6.45) is 3.76. The monoisotopic (exact) mass is 367 g/mol. The fourth-order valence-corrected chi connectivity index (χ4v) is 3.26. The molecule has 5 nitrogen and oxygen atoms in total. The number of benzene rings is 1. The largest absolute Gasteiger partial charge is 0.352 e. The lowest BCUT2D eigenvalue weighted by Crippen LogP contribution is -2.37. The van der Waals surface area contributed by atoms with Gasteiger partial charge in [-0.25, -0.2) is 0 Å². The van der Waals surface area contributed by atoms with Crippen LogP contribution in [0.25, 0.3) is 0 Å². The van der Waals surface area contributed by atoms with Crippen molar-refractivity contribution in [3.05, 3.63) is 35.4 Å². The number of carbonyl (C=O) groups excluding carboxylic acids is 2. The van der Waals surface area contributed by atoms with Gasteiger partial charge in [0, 0.05) is 37.2 Å². The summed E-state index contributed by atoms with van der Waals surface area (Å²) in [5, 5.41) is 2.99. The SMILES string of the molecule is CCN(CC)C(=O)c1ccc(CNC(=O)C2CCCC(N)C2)cc1.Cl. The van der Waals surface area contributed by atoms with E-state index < -0.39 is 0 Å². The van der Waals surface area contributed by atoms with Gasteiger partial charge in [-0.1, -0.05) is 18.6 Å². The molecule has 1 aliphatic carbocycles. The van der Waals surface area contributed by atoms with Crippen LogP contribution in [0.5, 0.6) is 0 Å². The standard InChI is InChI=1S/C19H29N3O2.ClH/c1-3-22(4-2)19(24)15-10-8-14(9-11-15)13-21-18(23)16-6-5-7-17(20)12-16;/h8-11,16-17H,3-7,12-13,20H2,1-2H3,(H,21,23);1H. The third kappa shape index (κ3) is 6.01. The Morgan fingerprint density at radius 2 is 1.80 bits per heavy atom. The van der Waals surface area contributed by atoms with E-state index in [1.165, 1.54) is 0 Å². The van der Waals surface area contributed by atoms with Crippen LogP contribution in [0.2, 0.25) is 0 Å². The predicted octanol–water partition coefficient (Wildman–Crippen LogP) is 2.72. The number of carbonyl (C=O) groups is 2. The van der Waals surface area contributed by atoms with Crippen LogP contribution >= 0.6 is 12.4 Å². The number of rotatable bonds is 6. The minimum Gasteiger partial charge on any atom is -0.352 e. The van der Waals surface area contributed by atoms with E-state index in [1.54, 1.807) is 4.90 Å². The maximum atomic E-state index is 12.3. The quantitative estimate of drug-likeness (QED) is 0.811. The Morgan fingerprint density at radius 1 is 1.16 bits per heavy atom. The highest BCUT2D eigenvalue weighted by Crippen LogP contribution is 2.23. The number of hydrogen-bond acceptors (Lipinski definition) is 3. The molecule has 2 rings (SSSR count). The molecule has 1 fully saturated rings. The van der Waals surface area contributed by atoms with Gasteiger partial charge in [-0.15, -0.1) is 12.4 Å². The minimum atomic E-state index is 0. The fraction of sp³-hybridized carbons (Fsp3) is 0.579. The summed E-state index contributed by atoms with van der Waals surface area (Å²) in [7, 11) is 0. The molecule has 0 aromatic heterocycles. The first kappa shape index (κ1) is 21.5. The van der Waals surface area contributed by atoms with Crippen molar-refractivity contribution in [2.75, 3.05) is 13.1 Å². The molecule has 140 valence electrons. The lowest BCUT2D eigenvalue weighted by atomic mass is 9.85. The topological polar surface area (TPSA) is 75.4 Å². The maximum Gasteiger partial charge on any atom is 0.253 e. The molecule has 0 heterocycles. The van der Waals surface area contributed by atoms with E-state index in [0.717, 1.165) is 31.2 Å². The zero-order valence-electron chi connectivity index (χ0n) is 15.2. The Hall–Kier alpha value is -1.59. The smallest absolute Gasteiger partial charge is 0.253 e. The number of nitrogens with two attached hydrogens (primary N) is 1. The first-order valence-electron chi connectivity index (χ1n) is 8.96. The molecule has 0 aliphatic heterocycles. The first-order chi connectivity index (χ1) is 11.5. The lowest BCUT2D eigenvalue weighted by molar-refractivity contribution is -0.126. The number of halogens is 1. The molecule has 1 aromatic rings. The average molecular weight is 368 g/mol. The van der Waals surface area contributed by atoms with Crippen molar-refractivity contribution >= 4 is 24.2 Å². The molecule has 0 saturated heterocycles. The summed E-state index contributed by atoms with van der Waals surface area (Å²) >= 11 is 0. The second-order valence-corrected chi connectivity index (χ2v) is 6.52. The molecule has 1 aliphatic rings. The molecule has 6 heteroatoms. The molecule has 0 bridgehead atoms. The highest BCUT2D eigenvalue weighted by atomic mass is 35.5. The van der Waals surface area contributed by atoms with Gasteiger partial charge in [-0.3, -0.25) is 9.59 Å². The molecular formula is C19H30ClN3O2. The van der Waals surface area contributed by atoms with E-state index in [0.29, 0.717) is 25.2 Å². The molecule has 2 amide bonds. The third-order valence-electron chi connectivity index (χ3n) is 4.80. The molecule has 0 radical (unpaired) electrons. The highest BCUT2D eigenvalue weighted by molar-refractivity contribution is 5.94. The van der Waals surface area contributed by atoms with Crippen molar-refractivity contribution in [1.29, 1.82) is 0 Å². The van der Waals surface area contributed by atoms with Gasteiger partial charge in [0.25, 0.3) is 5.91 Å². The highest BCUT2D eigenvalue weighted by Gasteiger charge is 2.24. The van der Waals surface area contributed by atoms with Gasteiger partial charge in [0.1, 0.15) is 0 Å². The van der Waals surface area contributed by atoms with Gasteiger partial charge in [0.15, 0.2) is 0 Å². The van der Waals surface area contributed by atoms with E-state index >= 15 is 0 Å². The molecule has 2 unspecified atom stereocenters. The van der Waals surface area contributed by atoms with Crippen LogP contribution < -0.4 is 11.1 Å². The molecule has 0 spiro atoms. The van der Waals surface area contributed by atoms with Crippen molar-refractivity contribution in [2.45, 2.75) is 52.1 Å². The number of hydrogen-bond donors (Lipinski definition) is 2. The van der Waals surface area contributed by atoms with Crippen LogP contribution in [-0.2, 0) is 11.3 Å². The second-order valence-electron chi connectivity index (χ2n) is 6.52. The third-order valence-corrected chi connectivity index (χ3v) is 4.80. The number of amides is 2. The normalized spacial score (nSPS) is 19.6. The summed E-state index contributed by atoms with van der Waals surface area (Å²) in [4.78, 5) is 26.3. The Bertz CT molecular complexity index is 558. The average Bonchev–Trinajstić information content (AvgIpc) is 2.61. The summed E-state index contributed by atoms with van der Waals surface area (Å²) in [6, 6.07) is 7.63. The Morgan fingerprint density at radius 3 is 2.36 bits per heavy atom. The van der Waals surface area contributed by atoms with Gasteiger partial charge in [-0.2, -0.15) is 0 Å². The van der Waals surface area contributed by atoms with E-state index in [2.05, 4.69) is 5.32 Å². The van der Waals surface area contributed by atoms with Crippen LogP contribution in [0.15, 0.2) is 24.3 Å². The molecular weight excluding hydrogens is 338 g/mol. The van der Waals surface area contributed by atoms with Gasteiger partial charge in [0.2, 0.25) is 5.91 Å². The fourth-order valence-electron chi connectivity index (χ4n) is 3.26.